The summed E-state index contributed by atoms with van der Waals surface area (Å²) in [7, 11) is 0. The summed E-state index contributed by atoms with van der Waals surface area (Å²) in [6.07, 6.45) is 9.56. The maximum Gasteiger partial charge on any atom is 0.185 e. The van der Waals surface area contributed by atoms with Gasteiger partial charge in [-0.1, -0.05) is 49.6 Å². The van der Waals surface area contributed by atoms with Crippen LogP contribution < -0.4 is 4.90 Å². The Morgan fingerprint density at radius 2 is 1.54 bits per heavy atom. The number of hydrogen-bond donors (Lipinski definition) is 0. The molecule has 3 heterocycles. The minimum absolute atomic E-state index is 0.401. The monoisotopic (exact) mass is 377 g/mol. The van der Waals surface area contributed by atoms with E-state index in [9.17, 15) is 0 Å². The van der Waals surface area contributed by atoms with Crippen LogP contribution in [0, 0.1) is 0 Å². The quantitative estimate of drug-likeness (QED) is 0.685. The Balaban J connectivity index is 1.29. The minimum atomic E-state index is 0.401. The number of piperidine rings is 1. The first kappa shape index (κ1) is 17.6. The van der Waals surface area contributed by atoms with E-state index in [4.69, 9.17) is 9.84 Å². The molecule has 28 heavy (non-hydrogen) atoms. The zero-order valence-corrected chi connectivity index (χ0v) is 16.2. The summed E-state index contributed by atoms with van der Waals surface area (Å²) in [4.78, 5) is 2.36. The number of ether oxygens (including phenoxy) is 1. The highest BCUT2D eigenvalue weighted by atomic mass is 16.5. The van der Waals surface area contributed by atoms with E-state index in [1.807, 2.05) is 40.9 Å². The van der Waals surface area contributed by atoms with Gasteiger partial charge in [-0.3, -0.25) is 0 Å². The van der Waals surface area contributed by atoms with Crippen LogP contribution in [0.15, 0.2) is 42.5 Å². The van der Waals surface area contributed by atoms with Gasteiger partial charge < -0.3 is 9.64 Å². The van der Waals surface area contributed by atoms with Gasteiger partial charge in [-0.25, -0.2) is 0 Å². The molecule has 1 saturated heterocycles. The van der Waals surface area contributed by atoms with Crippen LogP contribution in [-0.4, -0.2) is 45.1 Å². The summed E-state index contributed by atoms with van der Waals surface area (Å²) >= 11 is 0. The number of fused-ring (bicyclic) bond motifs is 1. The van der Waals surface area contributed by atoms with Crippen molar-refractivity contribution in [3.63, 3.8) is 0 Å². The van der Waals surface area contributed by atoms with Gasteiger partial charge in [0.05, 0.1) is 12.2 Å². The lowest BCUT2D eigenvalue weighted by Gasteiger charge is -2.35. The van der Waals surface area contributed by atoms with Crippen molar-refractivity contribution in [2.75, 3.05) is 18.0 Å². The maximum absolute atomic E-state index is 6.38. The molecule has 0 bridgehead atoms. The fourth-order valence-electron chi connectivity index (χ4n) is 4.41. The van der Waals surface area contributed by atoms with Gasteiger partial charge in [0.2, 0.25) is 0 Å². The van der Waals surface area contributed by atoms with Crippen molar-refractivity contribution < 1.29 is 4.74 Å². The van der Waals surface area contributed by atoms with E-state index >= 15 is 0 Å². The van der Waals surface area contributed by atoms with Gasteiger partial charge in [0, 0.05) is 18.7 Å². The molecule has 0 N–H and O–H groups in total. The van der Waals surface area contributed by atoms with Crippen LogP contribution in [0.5, 0.6) is 0 Å². The van der Waals surface area contributed by atoms with Crippen LogP contribution in [0.25, 0.3) is 17.0 Å². The third-order valence-corrected chi connectivity index (χ3v) is 5.98. The van der Waals surface area contributed by atoms with Crippen molar-refractivity contribution in [3.8, 4) is 11.4 Å². The van der Waals surface area contributed by atoms with Crippen molar-refractivity contribution in [2.24, 2.45) is 0 Å². The molecule has 0 amide bonds. The number of nitrogens with zero attached hydrogens (tertiary/aromatic N) is 5. The smallest absolute Gasteiger partial charge is 0.185 e. The Morgan fingerprint density at radius 3 is 2.32 bits per heavy atom. The van der Waals surface area contributed by atoms with E-state index in [1.54, 1.807) is 0 Å². The molecule has 146 valence electrons. The summed E-state index contributed by atoms with van der Waals surface area (Å²) in [5, 5.41) is 13.5. The van der Waals surface area contributed by atoms with E-state index in [0.717, 1.165) is 48.8 Å². The molecule has 2 fully saturated rings. The third kappa shape index (κ3) is 3.61. The number of aromatic nitrogens is 4. The summed E-state index contributed by atoms with van der Waals surface area (Å²) < 4.78 is 8.24. The van der Waals surface area contributed by atoms with Gasteiger partial charge in [0.1, 0.15) is 5.82 Å². The maximum atomic E-state index is 6.38. The molecule has 1 aliphatic carbocycles. The average Bonchev–Trinajstić information content (AvgIpc) is 3.19. The highest BCUT2D eigenvalue weighted by Crippen LogP contribution is 2.26. The van der Waals surface area contributed by atoms with Gasteiger partial charge in [-0.05, 0) is 37.8 Å². The van der Waals surface area contributed by atoms with Crippen molar-refractivity contribution in [2.45, 2.75) is 57.2 Å². The second kappa shape index (κ2) is 7.87. The summed E-state index contributed by atoms with van der Waals surface area (Å²) in [5.74, 6) is 1.77. The van der Waals surface area contributed by atoms with Gasteiger partial charge >= 0.3 is 0 Å². The minimum Gasteiger partial charge on any atom is -0.375 e. The van der Waals surface area contributed by atoms with Crippen LogP contribution in [0.4, 0.5) is 5.82 Å². The first-order valence-electron chi connectivity index (χ1n) is 10.5. The molecule has 0 spiro atoms. The highest BCUT2D eigenvalue weighted by molar-refractivity contribution is 5.59. The van der Waals surface area contributed by atoms with E-state index in [2.05, 4.69) is 21.2 Å². The Labute approximate surface area is 165 Å². The van der Waals surface area contributed by atoms with Crippen LogP contribution in [0.1, 0.15) is 44.9 Å². The van der Waals surface area contributed by atoms with Gasteiger partial charge in [0.25, 0.3) is 0 Å². The predicted molar refractivity (Wildman–Crippen MR) is 109 cm³/mol. The van der Waals surface area contributed by atoms with E-state index < -0.39 is 0 Å². The van der Waals surface area contributed by atoms with Crippen LogP contribution in [-0.2, 0) is 4.74 Å². The first-order chi connectivity index (χ1) is 13.9. The van der Waals surface area contributed by atoms with Crippen LogP contribution in [0.3, 0.4) is 0 Å². The van der Waals surface area contributed by atoms with Crippen LogP contribution >= 0.6 is 0 Å². The van der Waals surface area contributed by atoms with Gasteiger partial charge in [-0.15, -0.1) is 15.3 Å². The number of hydrogen-bond acceptors (Lipinski definition) is 5. The largest absolute Gasteiger partial charge is 0.375 e. The topological polar surface area (TPSA) is 55.5 Å². The lowest BCUT2D eigenvalue weighted by molar-refractivity contribution is -0.0395. The molecule has 0 atom stereocenters. The highest BCUT2D eigenvalue weighted by Gasteiger charge is 2.25. The Kier molecular flexibility index (Phi) is 4.95. The normalized spacial score (nSPS) is 19.4. The summed E-state index contributed by atoms with van der Waals surface area (Å²) in [6, 6.07) is 14.2. The average molecular weight is 377 g/mol. The zero-order valence-electron chi connectivity index (χ0n) is 16.2. The molecule has 1 aliphatic heterocycles. The molecule has 5 rings (SSSR count). The van der Waals surface area contributed by atoms with Crippen molar-refractivity contribution in [3.05, 3.63) is 42.5 Å². The van der Waals surface area contributed by atoms with Crippen molar-refractivity contribution in [1.29, 1.82) is 0 Å². The molecule has 2 aromatic heterocycles. The van der Waals surface area contributed by atoms with Gasteiger partial charge in [-0.2, -0.15) is 4.52 Å². The van der Waals surface area contributed by atoms with Gasteiger partial charge in [0.15, 0.2) is 11.5 Å². The van der Waals surface area contributed by atoms with Crippen LogP contribution in [0.2, 0.25) is 0 Å². The fourth-order valence-corrected chi connectivity index (χ4v) is 4.41. The molecule has 0 radical (unpaired) electrons. The number of benzene rings is 1. The fraction of sp³-hybridized carbons (Fsp3) is 0.500. The Bertz CT molecular complexity index is 911. The van der Waals surface area contributed by atoms with Crippen molar-refractivity contribution >= 4 is 11.5 Å². The van der Waals surface area contributed by atoms with E-state index in [1.165, 1.54) is 32.1 Å². The Morgan fingerprint density at radius 1 is 0.786 bits per heavy atom. The molecule has 6 nitrogen and oxygen atoms in total. The number of rotatable bonds is 4. The second-order valence-electron chi connectivity index (χ2n) is 7.93. The first-order valence-corrected chi connectivity index (χ1v) is 10.5. The van der Waals surface area contributed by atoms with E-state index in [-0.39, 0.29) is 0 Å². The lowest BCUT2D eigenvalue weighted by atomic mass is 9.97. The molecule has 1 aromatic carbocycles. The molecule has 2 aliphatic rings. The van der Waals surface area contributed by atoms with Crippen molar-refractivity contribution in [1.82, 2.24) is 19.8 Å². The second-order valence-corrected chi connectivity index (χ2v) is 7.93. The molecule has 6 heteroatoms. The third-order valence-electron chi connectivity index (χ3n) is 5.98. The SMILES string of the molecule is c1ccc(-c2nnc3ccc(N4CCC(OC5CCCCC5)CC4)nn23)cc1. The lowest BCUT2D eigenvalue weighted by Crippen LogP contribution is -2.39. The predicted octanol–water partition coefficient (Wildman–Crippen LogP) is 4.11. The zero-order chi connectivity index (χ0) is 18.8. The van der Waals surface area contributed by atoms with E-state index in [0.29, 0.717) is 12.2 Å². The molecular formula is C22H27N5O. The molecule has 1 saturated carbocycles. The molecular weight excluding hydrogens is 350 g/mol. The summed E-state index contributed by atoms with van der Waals surface area (Å²) in [6.45, 7) is 1.97. The standard InChI is InChI=1S/C22H27N5O/c1-3-7-17(8-4-1)22-24-23-20-11-12-21(25-27(20)22)26-15-13-19(14-16-26)28-18-9-5-2-6-10-18/h1,3-4,7-8,11-12,18-19H,2,5-6,9-10,13-16H2. The summed E-state index contributed by atoms with van der Waals surface area (Å²) in [5.41, 5.74) is 1.80. The Hall–Kier alpha value is -2.47. The number of anilines is 1. The molecule has 3 aromatic rings. The molecule has 0 unspecified atom stereocenters.